The van der Waals surface area contributed by atoms with Crippen LogP contribution in [0.3, 0.4) is 0 Å². The summed E-state index contributed by atoms with van der Waals surface area (Å²) in [6.07, 6.45) is 7.73. The Bertz CT molecular complexity index is 814. The molecular formula is C18H18N4O. The van der Waals surface area contributed by atoms with Crippen LogP contribution in [0.2, 0.25) is 0 Å². The molecule has 2 heterocycles. The lowest BCUT2D eigenvalue weighted by molar-refractivity contribution is 0.102. The van der Waals surface area contributed by atoms with Crippen molar-refractivity contribution in [2.75, 3.05) is 5.32 Å². The fourth-order valence-electron chi connectivity index (χ4n) is 2.80. The minimum absolute atomic E-state index is 0.103. The van der Waals surface area contributed by atoms with E-state index in [1.54, 1.807) is 6.20 Å². The van der Waals surface area contributed by atoms with E-state index in [0.29, 0.717) is 18.4 Å². The molecule has 5 heteroatoms. The van der Waals surface area contributed by atoms with E-state index < -0.39 is 0 Å². The summed E-state index contributed by atoms with van der Waals surface area (Å²) in [7, 11) is 0. The van der Waals surface area contributed by atoms with Gasteiger partial charge in [0.05, 0.1) is 12.1 Å². The van der Waals surface area contributed by atoms with Crippen LogP contribution < -0.4 is 5.32 Å². The molecule has 0 aliphatic heterocycles. The van der Waals surface area contributed by atoms with Gasteiger partial charge in [-0.05, 0) is 30.4 Å². The summed E-state index contributed by atoms with van der Waals surface area (Å²) in [5.74, 6) is 0.977. The number of aromatic amines is 1. The highest BCUT2D eigenvalue weighted by Gasteiger charge is 2.29. The van der Waals surface area contributed by atoms with Crippen LogP contribution in [-0.2, 0) is 6.54 Å². The number of aromatic nitrogens is 3. The fraction of sp³-hybridized carbons (Fsp3) is 0.222. The summed E-state index contributed by atoms with van der Waals surface area (Å²) in [6, 6.07) is 12.0. The van der Waals surface area contributed by atoms with E-state index in [2.05, 4.69) is 27.4 Å². The average molecular weight is 306 g/mol. The number of nitrogens with one attached hydrogen (secondary N) is 2. The molecule has 3 aromatic rings. The molecule has 23 heavy (non-hydrogen) atoms. The first-order valence-corrected chi connectivity index (χ1v) is 7.85. The highest BCUT2D eigenvalue weighted by Crippen LogP contribution is 2.40. The lowest BCUT2D eigenvalue weighted by Crippen LogP contribution is -2.17. The molecule has 5 nitrogen and oxygen atoms in total. The van der Waals surface area contributed by atoms with Gasteiger partial charge in [-0.1, -0.05) is 30.3 Å². The number of H-pyrrole nitrogens is 1. The number of hydrogen-bond acceptors (Lipinski definition) is 2. The molecule has 2 N–H and O–H groups in total. The minimum Gasteiger partial charge on any atom is -0.364 e. The van der Waals surface area contributed by atoms with Crippen LogP contribution in [0.4, 0.5) is 5.95 Å². The average Bonchev–Trinajstić information content (AvgIpc) is 3.13. The number of benzene rings is 1. The quantitative estimate of drug-likeness (QED) is 0.759. The zero-order valence-electron chi connectivity index (χ0n) is 12.7. The predicted octanol–water partition coefficient (Wildman–Crippen LogP) is 3.39. The van der Waals surface area contributed by atoms with E-state index in [4.69, 9.17) is 0 Å². The number of anilines is 1. The topological polar surface area (TPSA) is 62.7 Å². The van der Waals surface area contributed by atoms with Crippen LogP contribution in [0.5, 0.6) is 0 Å². The fourth-order valence-corrected chi connectivity index (χ4v) is 2.80. The van der Waals surface area contributed by atoms with Gasteiger partial charge in [0.15, 0.2) is 0 Å². The van der Waals surface area contributed by atoms with Crippen molar-refractivity contribution in [3.05, 3.63) is 71.8 Å². The summed E-state index contributed by atoms with van der Waals surface area (Å²) < 4.78 is 1.94. The molecule has 0 atom stereocenters. The molecule has 1 amide bonds. The number of nitrogens with zero attached hydrogens (tertiary/aromatic N) is 2. The van der Waals surface area contributed by atoms with Crippen LogP contribution in [-0.4, -0.2) is 20.4 Å². The van der Waals surface area contributed by atoms with Gasteiger partial charge in [-0.2, -0.15) is 0 Å². The number of imidazole rings is 1. The number of carbonyl (C=O) groups is 1. The van der Waals surface area contributed by atoms with Crippen molar-refractivity contribution >= 4 is 11.9 Å². The molecule has 1 fully saturated rings. The summed E-state index contributed by atoms with van der Waals surface area (Å²) in [5, 5.41) is 2.93. The van der Waals surface area contributed by atoms with Gasteiger partial charge >= 0.3 is 0 Å². The molecule has 0 saturated heterocycles. The van der Waals surface area contributed by atoms with E-state index >= 15 is 0 Å². The van der Waals surface area contributed by atoms with Crippen molar-refractivity contribution in [2.45, 2.75) is 25.3 Å². The van der Waals surface area contributed by atoms with E-state index in [-0.39, 0.29) is 5.91 Å². The second-order valence-corrected chi connectivity index (χ2v) is 5.90. The SMILES string of the molecule is O=C(Nc1nccn1Cc1ccccc1)c1cc[nH]c1C1CC1. The van der Waals surface area contributed by atoms with Crippen LogP contribution in [0.25, 0.3) is 0 Å². The molecule has 0 radical (unpaired) electrons. The molecule has 1 aliphatic carbocycles. The third-order valence-electron chi connectivity index (χ3n) is 4.15. The Morgan fingerprint density at radius 2 is 2.09 bits per heavy atom. The van der Waals surface area contributed by atoms with E-state index in [0.717, 1.165) is 24.1 Å². The summed E-state index contributed by atoms with van der Waals surface area (Å²) in [6.45, 7) is 0.680. The zero-order chi connectivity index (χ0) is 15.6. The molecule has 2 aromatic heterocycles. The van der Waals surface area contributed by atoms with E-state index in [1.807, 2.05) is 41.2 Å². The maximum absolute atomic E-state index is 12.5. The van der Waals surface area contributed by atoms with Crippen molar-refractivity contribution in [1.29, 1.82) is 0 Å². The smallest absolute Gasteiger partial charge is 0.259 e. The van der Waals surface area contributed by atoms with E-state index in [1.165, 1.54) is 5.56 Å². The Morgan fingerprint density at radius 1 is 1.26 bits per heavy atom. The van der Waals surface area contributed by atoms with E-state index in [9.17, 15) is 4.79 Å². The molecule has 116 valence electrons. The van der Waals surface area contributed by atoms with Gasteiger partial charge in [0.1, 0.15) is 0 Å². The number of amides is 1. The first-order chi connectivity index (χ1) is 11.3. The molecule has 0 spiro atoms. The lowest BCUT2D eigenvalue weighted by atomic mass is 10.1. The third kappa shape index (κ3) is 2.90. The molecule has 1 aliphatic rings. The molecule has 0 bridgehead atoms. The first kappa shape index (κ1) is 13.8. The van der Waals surface area contributed by atoms with Crippen LogP contribution >= 0.6 is 0 Å². The Balaban J connectivity index is 1.52. The van der Waals surface area contributed by atoms with Gasteiger partial charge in [0.25, 0.3) is 5.91 Å². The van der Waals surface area contributed by atoms with Crippen molar-refractivity contribution in [3.63, 3.8) is 0 Å². The second-order valence-electron chi connectivity index (χ2n) is 5.90. The Labute approximate surface area is 134 Å². The minimum atomic E-state index is -0.103. The maximum Gasteiger partial charge on any atom is 0.259 e. The molecule has 1 aromatic carbocycles. The molecule has 0 unspecified atom stereocenters. The Hall–Kier alpha value is -2.82. The van der Waals surface area contributed by atoms with Crippen LogP contribution in [0, 0.1) is 0 Å². The van der Waals surface area contributed by atoms with Gasteiger partial charge in [-0.15, -0.1) is 0 Å². The molecule has 4 rings (SSSR count). The molecular weight excluding hydrogens is 288 g/mol. The lowest BCUT2D eigenvalue weighted by Gasteiger charge is -2.09. The number of rotatable bonds is 5. The Kier molecular flexibility index (Phi) is 3.46. The monoisotopic (exact) mass is 306 g/mol. The van der Waals surface area contributed by atoms with Crippen LogP contribution in [0.1, 0.15) is 40.4 Å². The standard InChI is InChI=1S/C18H18N4O/c23-17(15-8-9-19-16(15)14-6-7-14)21-18-20-10-11-22(18)12-13-4-2-1-3-5-13/h1-5,8-11,14,19H,6-7,12H2,(H,20,21,23). The number of carbonyl (C=O) groups excluding carboxylic acids is 1. The second kappa shape index (κ2) is 5.76. The van der Waals surface area contributed by atoms with Crippen molar-refractivity contribution in [1.82, 2.24) is 14.5 Å². The zero-order valence-corrected chi connectivity index (χ0v) is 12.7. The highest BCUT2D eigenvalue weighted by molar-refractivity contribution is 6.04. The maximum atomic E-state index is 12.5. The highest BCUT2D eigenvalue weighted by atomic mass is 16.1. The van der Waals surface area contributed by atoms with Crippen molar-refractivity contribution in [3.8, 4) is 0 Å². The Morgan fingerprint density at radius 3 is 2.87 bits per heavy atom. The summed E-state index contributed by atoms with van der Waals surface area (Å²) >= 11 is 0. The predicted molar refractivity (Wildman–Crippen MR) is 88.5 cm³/mol. The van der Waals surface area contributed by atoms with Gasteiger partial charge in [0, 0.05) is 24.3 Å². The summed E-state index contributed by atoms with van der Waals surface area (Å²) in [5.41, 5.74) is 2.94. The largest absolute Gasteiger partial charge is 0.364 e. The normalized spacial score (nSPS) is 13.9. The van der Waals surface area contributed by atoms with Gasteiger partial charge in [0.2, 0.25) is 5.95 Å². The molecule has 1 saturated carbocycles. The van der Waals surface area contributed by atoms with Gasteiger partial charge in [-0.3, -0.25) is 10.1 Å². The first-order valence-electron chi connectivity index (χ1n) is 7.85. The van der Waals surface area contributed by atoms with Crippen LogP contribution in [0.15, 0.2) is 55.0 Å². The number of hydrogen-bond donors (Lipinski definition) is 2. The van der Waals surface area contributed by atoms with Gasteiger partial charge in [-0.25, -0.2) is 4.98 Å². The van der Waals surface area contributed by atoms with Gasteiger partial charge < -0.3 is 9.55 Å². The van der Waals surface area contributed by atoms with Crippen molar-refractivity contribution in [2.24, 2.45) is 0 Å². The van der Waals surface area contributed by atoms with Crippen molar-refractivity contribution < 1.29 is 4.79 Å². The summed E-state index contributed by atoms with van der Waals surface area (Å²) in [4.78, 5) is 20.0. The third-order valence-corrected chi connectivity index (χ3v) is 4.15.